The second kappa shape index (κ2) is 4.25. The number of hydrogen-bond acceptors (Lipinski definition) is 2. The van der Waals surface area contributed by atoms with E-state index in [0.29, 0.717) is 6.54 Å². The second-order valence-corrected chi connectivity index (χ2v) is 4.64. The Morgan fingerprint density at radius 2 is 2.06 bits per heavy atom. The Morgan fingerprint density at radius 3 is 2.59 bits per heavy atom. The summed E-state index contributed by atoms with van der Waals surface area (Å²) in [6.07, 6.45) is -4.13. The van der Waals surface area contributed by atoms with Crippen LogP contribution in [0.25, 0.3) is 0 Å². The van der Waals surface area contributed by atoms with Crippen LogP contribution < -0.4 is 4.90 Å². The summed E-state index contributed by atoms with van der Waals surface area (Å²) in [6, 6.07) is 4.78. The van der Waals surface area contributed by atoms with Crippen molar-refractivity contribution in [3.8, 4) is 0 Å². The largest absolute Gasteiger partial charge is 0.416 e. The summed E-state index contributed by atoms with van der Waals surface area (Å²) in [7, 11) is 0. The van der Waals surface area contributed by atoms with Crippen molar-refractivity contribution in [2.45, 2.75) is 17.8 Å². The lowest BCUT2D eigenvalue weighted by Crippen LogP contribution is -2.25. The molecule has 1 saturated heterocycles. The first kappa shape index (κ1) is 12.3. The Hall–Kier alpha value is -1.17. The number of rotatable bonds is 1. The Balaban J connectivity index is 2.31. The Labute approximate surface area is 102 Å². The number of carbonyl (C=O) groups is 1. The molecular weight excluding hydrogens is 251 g/mol. The topological polar surface area (TPSA) is 20.3 Å². The zero-order valence-electron chi connectivity index (χ0n) is 8.74. The van der Waals surface area contributed by atoms with E-state index in [2.05, 4.69) is 12.6 Å². The molecule has 1 aromatic rings. The molecule has 2 rings (SSSR count). The molecular formula is C11H10F3NOS. The normalized spacial score (nSPS) is 21.1. The Morgan fingerprint density at radius 1 is 1.35 bits per heavy atom. The summed E-state index contributed by atoms with van der Waals surface area (Å²) in [4.78, 5) is 12.9. The molecule has 1 amide bonds. The Bertz CT molecular complexity index is 447. The van der Waals surface area contributed by atoms with Gasteiger partial charge in [0.05, 0.1) is 5.56 Å². The smallest absolute Gasteiger partial charge is 0.311 e. The van der Waals surface area contributed by atoms with Gasteiger partial charge in [0.1, 0.15) is 0 Å². The highest BCUT2D eigenvalue weighted by Gasteiger charge is 2.33. The summed E-state index contributed by atoms with van der Waals surface area (Å²) in [5.41, 5.74) is -0.466. The third-order valence-corrected chi connectivity index (χ3v) is 2.94. The van der Waals surface area contributed by atoms with Crippen molar-refractivity contribution in [2.24, 2.45) is 0 Å². The molecule has 0 radical (unpaired) electrons. The molecule has 92 valence electrons. The van der Waals surface area contributed by atoms with Crippen LogP contribution in [0.15, 0.2) is 24.3 Å². The van der Waals surface area contributed by atoms with Gasteiger partial charge >= 0.3 is 6.18 Å². The van der Waals surface area contributed by atoms with E-state index < -0.39 is 11.7 Å². The van der Waals surface area contributed by atoms with Gasteiger partial charge < -0.3 is 4.90 Å². The average molecular weight is 261 g/mol. The maximum Gasteiger partial charge on any atom is 0.416 e. The fourth-order valence-electron chi connectivity index (χ4n) is 1.79. The zero-order chi connectivity index (χ0) is 12.6. The minimum atomic E-state index is -4.39. The molecule has 1 aliphatic heterocycles. The van der Waals surface area contributed by atoms with Crippen molar-refractivity contribution in [3.63, 3.8) is 0 Å². The van der Waals surface area contributed by atoms with Crippen LogP contribution in [0.5, 0.6) is 0 Å². The predicted molar refractivity (Wildman–Crippen MR) is 61.2 cm³/mol. The van der Waals surface area contributed by atoms with Crippen LogP contribution >= 0.6 is 12.6 Å². The summed E-state index contributed by atoms with van der Waals surface area (Å²) < 4.78 is 37.5. The molecule has 2 nitrogen and oxygen atoms in total. The second-order valence-electron chi connectivity index (χ2n) is 3.91. The highest BCUT2D eigenvalue weighted by Crippen LogP contribution is 2.33. The highest BCUT2D eigenvalue weighted by molar-refractivity contribution is 7.81. The number of anilines is 1. The fourth-order valence-corrected chi connectivity index (χ4v) is 2.11. The fraction of sp³-hybridized carbons (Fsp3) is 0.364. The summed E-state index contributed by atoms with van der Waals surface area (Å²) in [5.74, 6) is -0.190. The minimum absolute atomic E-state index is 0.114. The van der Waals surface area contributed by atoms with Gasteiger partial charge in [-0.2, -0.15) is 25.8 Å². The lowest BCUT2D eigenvalue weighted by atomic mass is 10.2. The molecule has 0 aliphatic carbocycles. The van der Waals surface area contributed by atoms with Crippen LogP contribution in [0.2, 0.25) is 0 Å². The van der Waals surface area contributed by atoms with Gasteiger partial charge in [0, 0.05) is 23.9 Å². The molecule has 1 aliphatic rings. The standard InChI is InChI=1S/C11H10F3NOS/c12-11(13,14)7-2-1-3-8(4-7)15-6-9(17)5-10(15)16/h1-4,9,17H,5-6H2. The van der Waals surface area contributed by atoms with E-state index in [0.717, 1.165) is 12.1 Å². The number of hydrogen-bond donors (Lipinski definition) is 1. The van der Waals surface area contributed by atoms with E-state index in [1.165, 1.54) is 17.0 Å². The molecule has 0 saturated carbocycles. The van der Waals surface area contributed by atoms with Crippen molar-refractivity contribution in [3.05, 3.63) is 29.8 Å². The van der Waals surface area contributed by atoms with Gasteiger partial charge in [-0.25, -0.2) is 0 Å². The van der Waals surface area contributed by atoms with Gasteiger partial charge in [-0.3, -0.25) is 4.79 Å². The van der Waals surface area contributed by atoms with E-state index in [9.17, 15) is 18.0 Å². The number of nitrogens with zero attached hydrogens (tertiary/aromatic N) is 1. The molecule has 1 fully saturated rings. The third-order valence-electron chi connectivity index (χ3n) is 2.59. The van der Waals surface area contributed by atoms with E-state index >= 15 is 0 Å². The first-order valence-electron chi connectivity index (χ1n) is 5.03. The van der Waals surface area contributed by atoms with Crippen LogP contribution in [0.3, 0.4) is 0 Å². The lowest BCUT2D eigenvalue weighted by molar-refractivity contribution is -0.137. The highest BCUT2D eigenvalue weighted by atomic mass is 32.1. The first-order valence-corrected chi connectivity index (χ1v) is 5.55. The molecule has 1 heterocycles. The quantitative estimate of drug-likeness (QED) is 0.771. The molecule has 1 atom stereocenters. The average Bonchev–Trinajstić information content (AvgIpc) is 2.57. The van der Waals surface area contributed by atoms with E-state index in [4.69, 9.17) is 0 Å². The van der Waals surface area contributed by atoms with Gasteiger partial charge in [0.2, 0.25) is 5.91 Å². The van der Waals surface area contributed by atoms with Crippen LogP contribution in [0.4, 0.5) is 18.9 Å². The number of halogens is 3. The molecule has 1 aromatic carbocycles. The van der Waals surface area contributed by atoms with Gasteiger partial charge in [-0.1, -0.05) is 6.07 Å². The van der Waals surface area contributed by atoms with E-state index in [1.54, 1.807) is 0 Å². The maximum absolute atomic E-state index is 12.5. The predicted octanol–water partition coefficient (Wildman–Crippen LogP) is 2.74. The van der Waals surface area contributed by atoms with Crippen molar-refractivity contribution in [1.29, 1.82) is 0 Å². The van der Waals surface area contributed by atoms with Crippen molar-refractivity contribution < 1.29 is 18.0 Å². The van der Waals surface area contributed by atoms with Gasteiger partial charge in [-0.15, -0.1) is 0 Å². The van der Waals surface area contributed by atoms with E-state index in [1.807, 2.05) is 0 Å². The first-order chi connectivity index (χ1) is 7.88. The van der Waals surface area contributed by atoms with Crippen molar-refractivity contribution >= 4 is 24.2 Å². The molecule has 1 unspecified atom stereocenters. The van der Waals surface area contributed by atoms with Crippen LogP contribution in [0.1, 0.15) is 12.0 Å². The number of benzene rings is 1. The van der Waals surface area contributed by atoms with Gasteiger partial charge in [-0.05, 0) is 18.2 Å². The lowest BCUT2D eigenvalue weighted by Gasteiger charge is -2.17. The molecule has 0 N–H and O–H groups in total. The molecule has 0 bridgehead atoms. The SMILES string of the molecule is O=C1CC(S)CN1c1cccc(C(F)(F)F)c1. The van der Waals surface area contributed by atoms with E-state index in [-0.39, 0.29) is 23.3 Å². The van der Waals surface area contributed by atoms with Crippen LogP contribution in [0, 0.1) is 0 Å². The molecule has 17 heavy (non-hydrogen) atoms. The van der Waals surface area contributed by atoms with Crippen molar-refractivity contribution in [2.75, 3.05) is 11.4 Å². The third kappa shape index (κ3) is 2.57. The number of amides is 1. The zero-order valence-corrected chi connectivity index (χ0v) is 9.63. The van der Waals surface area contributed by atoms with Crippen LogP contribution in [-0.4, -0.2) is 17.7 Å². The van der Waals surface area contributed by atoms with Crippen LogP contribution in [-0.2, 0) is 11.0 Å². The monoisotopic (exact) mass is 261 g/mol. The van der Waals surface area contributed by atoms with Gasteiger partial charge in [0.15, 0.2) is 0 Å². The summed E-state index contributed by atoms with van der Waals surface area (Å²) in [6.45, 7) is 0.350. The minimum Gasteiger partial charge on any atom is -0.311 e. The molecule has 0 spiro atoms. The number of alkyl halides is 3. The number of thiol groups is 1. The number of carbonyl (C=O) groups excluding carboxylic acids is 1. The summed E-state index contributed by atoms with van der Waals surface area (Å²) >= 11 is 4.16. The maximum atomic E-state index is 12.5. The van der Waals surface area contributed by atoms with Gasteiger partial charge in [0.25, 0.3) is 0 Å². The Kier molecular flexibility index (Phi) is 3.07. The molecule has 6 heteroatoms. The van der Waals surface area contributed by atoms with Crippen molar-refractivity contribution in [1.82, 2.24) is 0 Å². The summed E-state index contributed by atoms with van der Waals surface area (Å²) in [5, 5.41) is -0.114. The molecule has 0 aromatic heterocycles.